The number of H-pyrrole nitrogens is 1. The van der Waals surface area contributed by atoms with Crippen LogP contribution < -0.4 is 15.8 Å². The van der Waals surface area contributed by atoms with Crippen molar-refractivity contribution in [3.05, 3.63) is 166 Å². The Hall–Kier alpha value is -4.90. The van der Waals surface area contributed by atoms with Crippen LogP contribution in [0.1, 0.15) is 11.1 Å². The smallest absolute Gasteiger partial charge is 0.290 e. The zero-order valence-corrected chi connectivity index (χ0v) is 31.1. The van der Waals surface area contributed by atoms with E-state index in [-0.39, 0.29) is 15.9 Å². The molecule has 2 saturated heterocycles. The summed E-state index contributed by atoms with van der Waals surface area (Å²) in [5.74, 6) is 0.526. The highest BCUT2D eigenvalue weighted by Crippen LogP contribution is 2.22. The quantitative estimate of drug-likeness (QED) is 0.176. The van der Waals surface area contributed by atoms with Crippen molar-refractivity contribution in [3.63, 3.8) is 0 Å². The maximum Gasteiger partial charge on any atom is 0.290 e. The molecule has 0 aliphatic carbocycles. The molecule has 0 bridgehead atoms. The van der Waals surface area contributed by atoms with E-state index >= 15 is 0 Å². The number of hydrogen-bond acceptors (Lipinski definition) is 8. The lowest BCUT2D eigenvalue weighted by atomic mass is 10.0. The van der Waals surface area contributed by atoms with Crippen molar-refractivity contribution in [1.82, 2.24) is 35.1 Å². The van der Waals surface area contributed by atoms with Gasteiger partial charge in [-0.1, -0.05) is 120 Å². The van der Waals surface area contributed by atoms with Crippen LogP contribution in [0.5, 0.6) is 0 Å². The van der Waals surface area contributed by atoms with Crippen LogP contribution in [0.2, 0.25) is 10.3 Å². The zero-order chi connectivity index (χ0) is 36.7. The molecular formula is C42H44Cl2N8O. The van der Waals surface area contributed by atoms with Crippen molar-refractivity contribution in [1.29, 1.82) is 0 Å². The summed E-state index contributed by atoms with van der Waals surface area (Å²) in [5, 5.41) is 3.89. The minimum atomic E-state index is -0.114. The van der Waals surface area contributed by atoms with Gasteiger partial charge in [0, 0.05) is 90.2 Å². The number of anilines is 1. The molecule has 0 radical (unpaired) electrons. The molecule has 0 spiro atoms. The molecule has 0 unspecified atom stereocenters. The fourth-order valence-corrected chi connectivity index (χ4v) is 6.55. The van der Waals surface area contributed by atoms with Crippen LogP contribution in [0, 0.1) is 0 Å². The maximum absolute atomic E-state index is 11.9. The molecule has 2 aromatic heterocycles. The number of hydrogen-bond donors (Lipinski definition) is 2. The Bertz CT molecular complexity index is 2030. The largest absolute Gasteiger partial charge is 0.349 e. The van der Waals surface area contributed by atoms with Crippen LogP contribution in [0.3, 0.4) is 0 Å². The van der Waals surface area contributed by atoms with Crippen LogP contribution in [-0.2, 0) is 13.1 Å². The van der Waals surface area contributed by atoms with Crippen molar-refractivity contribution >= 4 is 29.0 Å². The van der Waals surface area contributed by atoms with Crippen molar-refractivity contribution < 1.29 is 0 Å². The first-order chi connectivity index (χ1) is 26.0. The molecule has 2 fully saturated rings. The van der Waals surface area contributed by atoms with E-state index in [9.17, 15) is 4.79 Å². The van der Waals surface area contributed by atoms with Crippen molar-refractivity contribution in [3.8, 4) is 22.3 Å². The van der Waals surface area contributed by atoms with E-state index in [4.69, 9.17) is 23.2 Å². The molecule has 11 heteroatoms. The van der Waals surface area contributed by atoms with Crippen LogP contribution in [-0.4, -0.2) is 82.1 Å². The number of aromatic nitrogens is 4. The van der Waals surface area contributed by atoms with Gasteiger partial charge in [0.25, 0.3) is 5.56 Å². The summed E-state index contributed by atoms with van der Waals surface area (Å²) in [5.41, 5.74) is 7.71. The second kappa shape index (κ2) is 19.8. The van der Waals surface area contributed by atoms with Gasteiger partial charge in [0.2, 0.25) is 0 Å². The molecule has 4 aromatic carbocycles. The number of benzene rings is 4. The van der Waals surface area contributed by atoms with Crippen LogP contribution in [0.25, 0.3) is 22.3 Å². The lowest BCUT2D eigenvalue weighted by Crippen LogP contribution is -2.47. The van der Waals surface area contributed by atoms with Crippen LogP contribution in [0.15, 0.2) is 139 Å². The third-order valence-corrected chi connectivity index (χ3v) is 9.71. The first-order valence-electron chi connectivity index (χ1n) is 17.9. The molecule has 6 aromatic rings. The summed E-state index contributed by atoms with van der Waals surface area (Å²) in [6.07, 6.45) is 6.17. The van der Waals surface area contributed by atoms with Gasteiger partial charge in [-0.2, -0.15) is 0 Å². The number of rotatable bonds is 7. The summed E-state index contributed by atoms with van der Waals surface area (Å²) in [7, 11) is 0. The van der Waals surface area contributed by atoms with E-state index in [1.54, 1.807) is 12.4 Å². The van der Waals surface area contributed by atoms with Gasteiger partial charge in [0.15, 0.2) is 16.1 Å². The second-order valence-electron chi connectivity index (χ2n) is 12.8. The fourth-order valence-electron chi connectivity index (χ4n) is 6.34. The molecule has 2 N–H and O–H groups in total. The molecule has 2 aliphatic heterocycles. The van der Waals surface area contributed by atoms with Gasteiger partial charge in [0.05, 0.1) is 0 Å². The van der Waals surface area contributed by atoms with Gasteiger partial charge in [0.1, 0.15) is 0 Å². The molecule has 8 rings (SSSR count). The van der Waals surface area contributed by atoms with E-state index in [0.29, 0.717) is 5.82 Å². The highest BCUT2D eigenvalue weighted by atomic mass is 35.5. The number of aromatic amines is 1. The van der Waals surface area contributed by atoms with Gasteiger partial charge < -0.3 is 15.2 Å². The predicted molar refractivity (Wildman–Crippen MR) is 216 cm³/mol. The first kappa shape index (κ1) is 37.8. The van der Waals surface area contributed by atoms with E-state index < -0.39 is 0 Å². The molecule has 4 heterocycles. The second-order valence-corrected chi connectivity index (χ2v) is 13.5. The third-order valence-electron chi connectivity index (χ3n) is 9.06. The monoisotopic (exact) mass is 746 g/mol. The van der Waals surface area contributed by atoms with Crippen molar-refractivity contribution in [2.24, 2.45) is 0 Å². The number of nitrogens with one attached hydrogen (secondary N) is 2. The SMILES string of the molecule is Clc1nccnc1Cl.O=c1[nH]ccnc1N1CCN(Cc2cccc(-c3ccccc3)c2)CC1.c1ccc(-c2cccc(CN3CCNCC3)c2)cc1. The standard InChI is InChI=1S/C21H22N4O.C17H20N2.C4H2Cl2N2/c26-21-20(22-9-10-23-21)25-13-11-24(12-14-25)16-17-5-4-8-19(15-17)18-6-2-1-3-7-18;1-2-6-16(7-3-1)17-8-4-5-15(13-17)14-19-11-9-18-10-12-19;5-3-4(6)8-2-1-7-3/h1-10,15H,11-14,16H2,(H,23,26);1-8,13,18H,9-12,14H2;1-2H. The summed E-state index contributed by atoms with van der Waals surface area (Å²) in [6, 6.07) is 38.7. The Morgan fingerprint density at radius 2 is 1.04 bits per heavy atom. The normalized spacial score (nSPS) is 14.7. The Morgan fingerprint density at radius 1 is 0.547 bits per heavy atom. The summed E-state index contributed by atoms with van der Waals surface area (Å²) in [4.78, 5) is 33.1. The number of piperazine rings is 2. The van der Waals surface area contributed by atoms with Gasteiger partial charge in [-0.3, -0.25) is 14.6 Å². The Labute approximate surface area is 321 Å². The highest BCUT2D eigenvalue weighted by Gasteiger charge is 2.20. The summed E-state index contributed by atoms with van der Waals surface area (Å²) < 4.78 is 0. The molecule has 53 heavy (non-hydrogen) atoms. The first-order valence-corrected chi connectivity index (χ1v) is 18.6. The zero-order valence-electron chi connectivity index (χ0n) is 29.6. The van der Waals surface area contributed by atoms with E-state index in [1.807, 2.05) is 6.07 Å². The van der Waals surface area contributed by atoms with Gasteiger partial charge >= 0.3 is 0 Å². The molecule has 9 nitrogen and oxygen atoms in total. The fraction of sp³-hybridized carbons (Fsp3) is 0.238. The summed E-state index contributed by atoms with van der Waals surface area (Å²) >= 11 is 10.8. The average molecular weight is 748 g/mol. The molecule has 0 amide bonds. The minimum absolute atomic E-state index is 0.114. The Balaban J connectivity index is 0.000000155. The van der Waals surface area contributed by atoms with Gasteiger partial charge in [-0.15, -0.1) is 0 Å². The highest BCUT2D eigenvalue weighted by molar-refractivity contribution is 6.40. The number of nitrogens with zero attached hydrogens (tertiary/aromatic N) is 6. The van der Waals surface area contributed by atoms with Crippen molar-refractivity contribution in [2.75, 3.05) is 57.3 Å². The van der Waals surface area contributed by atoms with Gasteiger partial charge in [-0.25, -0.2) is 15.0 Å². The lowest BCUT2D eigenvalue weighted by Gasteiger charge is -2.34. The molecule has 0 atom stereocenters. The average Bonchev–Trinajstić information content (AvgIpc) is 3.21. The van der Waals surface area contributed by atoms with Gasteiger partial charge in [-0.05, 0) is 45.5 Å². The predicted octanol–water partition coefficient (Wildman–Crippen LogP) is 7.30. The van der Waals surface area contributed by atoms with E-state index in [2.05, 4.69) is 143 Å². The molecule has 272 valence electrons. The van der Waals surface area contributed by atoms with E-state index in [1.165, 1.54) is 45.8 Å². The number of halogens is 2. The Morgan fingerprint density at radius 3 is 1.53 bits per heavy atom. The van der Waals surface area contributed by atoms with Crippen molar-refractivity contribution in [2.45, 2.75) is 13.1 Å². The molecule has 0 saturated carbocycles. The van der Waals surface area contributed by atoms with Crippen LogP contribution in [0.4, 0.5) is 5.82 Å². The molecule has 2 aliphatic rings. The summed E-state index contributed by atoms with van der Waals surface area (Å²) in [6.45, 7) is 9.98. The Kier molecular flexibility index (Phi) is 14.1. The van der Waals surface area contributed by atoms with Crippen LogP contribution >= 0.6 is 23.2 Å². The topological polar surface area (TPSA) is 93.3 Å². The molecular weight excluding hydrogens is 703 g/mol. The minimum Gasteiger partial charge on any atom is -0.349 e. The lowest BCUT2D eigenvalue weighted by molar-refractivity contribution is 0.233. The third kappa shape index (κ3) is 11.5. The van der Waals surface area contributed by atoms with E-state index in [0.717, 1.165) is 65.4 Å². The maximum atomic E-state index is 11.9.